The van der Waals surface area contributed by atoms with Crippen molar-refractivity contribution in [3.63, 3.8) is 0 Å². The van der Waals surface area contributed by atoms with Crippen LogP contribution < -0.4 is 19.8 Å². The molecule has 0 saturated carbocycles. The third-order valence-corrected chi connectivity index (χ3v) is 5.31. The highest BCUT2D eigenvalue weighted by atomic mass is 16.5. The average molecular weight is 414 g/mol. The minimum atomic E-state index is 0.642. The predicted molar refractivity (Wildman–Crippen MR) is 122 cm³/mol. The summed E-state index contributed by atoms with van der Waals surface area (Å²) in [6, 6.07) is 12.0. The van der Waals surface area contributed by atoms with Gasteiger partial charge in [0.2, 0.25) is 0 Å². The molecular formula is C23H22N6O2. The molecular weight excluding hydrogens is 392 g/mol. The van der Waals surface area contributed by atoms with Gasteiger partial charge in [-0.1, -0.05) is 6.07 Å². The van der Waals surface area contributed by atoms with Crippen LogP contribution in [0.25, 0.3) is 16.9 Å². The van der Waals surface area contributed by atoms with Gasteiger partial charge in [0.1, 0.15) is 0 Å². The van der Waals surface area contributed by atoms with E-state index in [0.717, 1.165) is 34.7 Å². The molecule has 1 aliphatic rings. The fraction of sp³-hybridized carbons (Fsp3) is 0.174. The molecule has 0 amide bonds. The fourth-order valence-corrected chi connectivity index (χ4v) is 3.75. The van der Waals surface area contributed by atoms with E-state index in [-0.39, 0.29) is 0 Å². The Labute approximate surface area is 179 Å². The molecule has 156 valence electrons. The summed E-state index contributed by atoms with van der Waals surface area (Å²) in [5.41, 5.74) is 5.78. The Bertz CT molecular complexity index is 1300. The molecule has 1 N–H and O–H groups in total. The molecule has 0 atom stereocenters. The molecule has 1 aliphatic heterocycles. The largest absolute Gasteiger partial charge is 0.493 e. The molecule has 5 rings (SSSR count). The van der Waals surface area contributed by atoms with Crippen molar-refractivity contribution in [1.82, 2.24) is 14.4 Å². The first-order valence-corrected chi connectivity index (χ1v) is 9.88. The summed E-state index contributed by atoms with van der Waals surface area (Å²) in [5, 5.41) is 9.61. The number of nitrogens with zero attached hydrogens (tertiary/aromatic N) is 5. The molecule has 0 spiro atoms. The zero-order valence-corrected chi connectivity index (χ0v) is 17.5. The summed E-state index contributed by atoms with van der Waals surface area (Å²) in [6.07, 6.45) is 8.39. The number of imidazole rings is 1. The van der Waals surface area contributed by atoms with Crippen molar-refractivity contribution < 1.29 is 9.47 Å². The van der Waals surface area contributed by atoms with Gasteiger partial charge in [-0.2, -0.15) is 5.10 Å². The van der Waals surface area contributed by atoms with E-state index >= 15 is 0 Å². The molecule has 8 heteroatoms. The number of ether oxygens (including phenoxy) is 2. The number of fused-ring (bicyclic) bond motifs is 2. The van der Waals surface area contributed by atoms with E-state index in [1.54, 1.807) is 20.4 Å². The van der Waals surface area contributed by atoms with Crippen molar-refractivity contribution in [3.05, 3.63) is 60.6 Å². The third kappa shape index (κ3) is 3.42. The molecule has 0 unspecified atom stereocenters. The lowest BCUT2D eigenvalue weighted by atomic mass is 10.0. The first-order valence-electron chi connectivity index (χ1n) is 9.88. The first kappa shape index (κ1) is 18.9. The second kappa shape index (κ2) is 7.64. The summed E-state index contributed by atoms with van der Waals surface area (Å²) in [7, 11) is 5.19. The van der Waals surface area contributed by atoms with Gasteiger partial charge < -0.3 is 19.2 Å². The summed E-state index contributed by atoms with van der Waals surface area (Å²) < 4.78 is 12.7. The van der Waals surface area contributed by atoms with Gasteiger partial charge in [0.15, 0.2) is 23.0 Å². The van der Waals surface area contributed by atoms with Crippen LogP contribution in [-0.2, 0) is 6.42 Å². The third-order valence-electron chi connectivity index (χ3n) is 5.31. The molecule has 8 nitrogen and oxygen atoms in total. The smallest absolute Gasteiger partial charge is 0.180 e. The van der Waals surface area contributed by atoms with Crippen molar-refractivity contribution in [3.8, 4) is 22.8 Å². The normalized spacial score (nSPS) is 12.7. The fourth-order valence-electron chi connectivity index (χ4n) is 3.75. The van der Waals surface area contributed by atoms with Crippen molar-refractivity contribution >= 4 is 29.1 Å². The maximum absolute atomic E-state index is 5.42. The molecule has 0 fully saturated rings. The van der Waals surface area contributed by atoms with Gasteiger partial charge in [0.25, 0.3) is 0 Å². The van der Waals surface area contributed by atoms with Crippen LogP contribution in [0, 0.1) is 0 Å². The van der Waals surface area contributed by atoms with Crippen LogP contribution in [0.2, 0.25) is 0 Å². The van der Waals surface area contributed by atoms with Crippen LogP contribution in [0.1, 0.15) is 5.56 Å². The summed E-state index contributed by atoms with van der Waals surface area (Å²) in [6.45, 7) is 0. The molecule has 0 radical (unpaired) electrons. The van der Waals surface area contributed by atoms with E-state index < -0.39 is 0 Å². The lowest BCUT2D eigenvalue weighted by molar-refractivity contribution is 0.355. The van der Waals surface area contributed by atoms with Crippen LogP contribution in [0.3, 0.4) is 0 Å². The molecule has 4 aromatic rings. The topological polar surface area (TPSA) is 76.3 Å². The highest BCUT2D eigenvalue weighted by molar-refractivity contribution is 5.78. The zero-order valence-electron chi connectivity index (χ0n) is 17.5. The van der Waals surface area contributed by atoms with Gasteiger partial charge in [0, 0.05) is 55.6 Å². The quantitative estimate of drug-likeness (QED) is 0.529. The maximum atomic E-state index is 5.42. The predicted octanol–water partition coefficient (Wildman–Crippen LogP) is 4.14. The number of benzene rings is 2. The van der Waals surface area contributed by atoms with E-state index in [2.05, 4.69) is 33.6 Å². The average Bonchev–Trinajstić information content (AvgIpc) is 3.28. The summed E-state index contributed by atoms with van der Waals surface area (Å²) in [5.74, 6) is 1.97. The van der Waals surface area contributed by atoms with Crippen molar-refractivity contribution in [2.45, 2.75) is 6.42 Å². The van der Waals surface area contributed by atoms with Crippen molar-refractivity contribution in [1.29, 1.82) is 0 Å². The monoisotopic (exact) mass is 414 g/mol. The molecule has 2 aromatic carbocycles. The number of nitrogens with one attached hydrogen (secondary N) is 1. The van der Waals surface area contributed by atoms with E-state index in [9.17, 15) is 0 Å². The second-order valence-electron chi connectivity index (χ2n) is 7.20. The van der Waals surface area contributed by atoms with Crippen LogP contribution in [0.4, 0.5) is 17.2 Å². The molecule has 3 heterocycles. The van der Waals surface area contributed by atoms with E-state index in [4.69, 9.17) is 14.5 Å². The number of hydrazone groups is 1. The first-order chi connectivity index (χ1) is 15.2. The lowest BCUT2D eigenvalue weighted by Crippen LogP contribution is -2.15. The molecule has 0 bridgehead atoms. The molecule has 31 heavy (non-hydrogen) atoms. The number of hydrogen-bond donors (Lipinski definition) is 1. The van der Waals surface area contributed by atoms with Crippen LogP contribution >= 0.6 is 0 Å². The molecule has 2 aromatic heterocycles. The number of anilines is 3. The van der Waals surface area contributed by atoms with Crippen LogP contribution in [0.15, 0.2) is 60.1 Å². The molecule has 0 aliphatic carbocycles. The van der Waals surface area contributed by atoms with E-state index in [0.29, 0.717) is 17.3 Å². The zero-order chi connectivity index (χ0) is 21.4. The lowest BCUT2D eigenvalue weighted by Gasteiger charge is -2.21. The van der Waals surface area contributed by atoms with Gasteiger partial charge >= 0.3 is 0 Å². The Kier molecular flexibility index (Phi) is 4.66. The van der Waals surface area contributed by atoms with Crippen LogP contribution in [0.5, 0.6) is 11.5 Å². The Morgan fingerprint density at radius 3 is 2.74 bits per heavy atom. The Morgan fingerprint density at radius 2 is 1.90 bits per heavy atom. The van der Waals surface area contributed by atoms with Crippen molar-refractivity contribution in [2.24, 2.45) is 5.10 Å². The Morgan fingerprint density at radius 1 is 1.03 bits per heavy atom. The van der Waals surface area contributed by atoms with E-state index in [1.165, 1.54) is 5.56 Å². The van der Waals surface area contributed by atoms with Gasteiger partial charge in [-0.25, -0.2) is 9.97 Å². The van der Waals surface area contributed by atoms with Gasteiger partial charge in [-0.3, -0.25) is 5.01 Å². The highest BCUT2D eigenvalue weighted by Crippen LogP contribution is 2.33. The SMILES string of the molecule is COc1ccc(Nc2nc(-c3ccc4c(c3)CC=NN4C)cn3ccnc23)cc1OC. The number of hydrogen-bond acceptors (Lipinski definition) is 7. The number of aromatic nitrogens is 3. The summed E-state index contributed by atoms with van der Waals surface area (Å²) in [4.78, 5) is 9.35. The number of rotatable bonds is 5. The maximum Gasteiger partial charge on any atom is 0.180 e. The van der Waals surface area contributed by atoms with Crippen LogP contribution in [-0.4, -0.2) is 41.9 Å². The number of methoxy groups -OCH3 is 2. The highest BCUT2D eigenvalue weighted by Gasteiger charge is 2.15. The Balaban J connectivity index is 1.56. The van der Waals surface area contributed by atoms with Crippen molar-refractivity contribution in [2.75, 3.05) is 31.6 Å². The second-order valence-corrected chi connectivity index (χ2v) is 7.20. The van der Waals surface area contributed by atoms with Gasteiger partial charge in [-0.05, 0) is 29.8 Å². The Hall–Kier alpha value is -4.07. The van der Waals surface area contributed by atoms with Gasteiger partial charge in [-0.15, -0.1) is 0 Å². The van der Waals surface area contributed by atoms with Gasteiger partial charge in [0.05, 0.1) is 25.6 Å². The minimum absolute atomic E-state index is 0.642. The minimum Gasteiger partial charge on any atom is -0.493 e. The standard InChI is InChI=1S/C23H22N6O2/c1-28-19-6-4-15(12-16(19)8-9-25-28)18-14-29-11-10-24-23(29)22(27-18)26-17-5-7-20(30-2)21(13-17)31-3/h4-7,9-14H,8H2,1-3H3,(H,26,27). The molecule has 0 saturated heterocycles. The van der Waals surface area contributed by atoms with E-state index in [1.807, 2.05) is 53.3 Å². The summed E-state index contributed by atoms with van der Waals surface area (Å²) >= 11 is 0.